The Bertz CT molecular complexity index is 335. The highest BCUT2D eigenvalue weighted by Gasteiger charge is 2.42. The molecule has 0 saturated carbocycles. The molecule has 0 aromatic carbocycles. The van der Waals surface area contributed by atoms with E-state index < -0.39 is 0 Å². The van der Waals surface area contributed by atoms with Gasteiger partial charge < -0.3 is 9.64 Å². The first-order valence-corrected chi connectivity index (χ1v) is 8.34. The summed E-state index contributed by atoms with van der Waals surface area (Å²) in [6.45, 7) is 2.17. The molecule has 0 spiro atoms. The average molecular weight is 287 g/mol. The second-order valence-electron chi connectivity index (χ2n) is 5.10. The summed E-state index contributed by atoms with van der Waals surface area (Å²) >= 11 is 6.63. The van der Waals surface area contributed by atoms with Crippen molar-refractivity contribution in [3.63, 3.8) is 0 Å². The van der Waals surface area contributed by atoms with E-state index in [2.05, 4.69) is 11.8 Å². The minimum Gasteiger partial charge on any atom is -0.475 e. The maximum atomic E-state index is 11.9. The molecule has 2 aliphatic heterocycles. The molecule has 2 fully saturated rings. The Morgan fingerprint density at radius 3 is 3.00 bits per heavy atom. The fourth-order valence-electron chi connectivity index (χ4n) is 3.18. The van der Waals surface area contributed by atoms with Crippen LogP contribution in [-0.2, 0) is 9.53 Å². The number of piperidine rings is 1. The molecule has 0 aromatic rings. The molecule has 0 aromatic heterocycles. The number of fused-ring (bicyclic) bond motifs is 1. The lowest BCUT2D eigenvalue weighted by atomic mass is 9.91. The first-order chi connectivity index (χ1) is 8.65. The molecule has 2 heterocycles. The highest BCUT2D eigenvalue weighted by Crippen LogP contribution is 2.35. The fourth-order valence-corrected chi connectivity index (χ4v) is 3.55. The number of carbonyl (C=O) groups excluding carboxylic acids is 1. The van der Waals surface area contributed by atoms with Crippen LogP contribution in [0.25, 0.3) is 0 Å². The summed E-state index contributed by atoms with van der Waals surface area (Å²) in [7, 11) is 0. The van der Waals surface area contributed by atoms with Crippen LogP contribution in [0.4, 0.5) is 0 Å². The number of hydrogen-bond acceptors (Lipinski definition) is 4. The topological polar surface area (TPSA) is 29.5 Å². The molecule has 102 valence electrons. The van der Waals surface area contributed by atoms with Crippen molar-refractivity contribution in [1.29, 1.82) is 0 Å². The van der Waals surface area contributed by atoms with E-state index in [0.29, 0.717) is 28.8 Å². The molecule has 3 atom stereocenters. The lowest BCUT2D eigenvalue weighted by molar-refractivity contribution is -0.134. The van der Waals surface area contributed by atoms with Crippen LogP contribution in [0.2, 0.25) is 0 Å². The van der Waals surface area contributed by atoms with E-state index in [1.165, 1.54) is 11.8 Å². The van der Waals surface area contributed by atoms with Crippen molar-refractivity contribution in [3.05, 3.63) is 0 Å². The third-order valence-corrected chi connectivity index (χ3v) is 4.91. The van der Waals surface area contributed by atoms with Gasteiger partial charge in [0.15, 0.2) is 0 Å². The summed E-state index contributed by atoms with van der Waals surface area (Å²) in [4.78, 5) is 14.1. The van der Waals surface area contributed by atoms with Crippen LogP contribution in [0.5, 0.6) is 0 Å². The van der Waals surface area contributed by atoms with E-state index in [1.807, 2.05) is 6.26 Å². The summed E-state index contributed by atoms with van der Waals surface area (Å²) in [5.74, 6) is 0.337. The van der Waals surface area contributed by atoms with Gasteiger partial charge in [-0.2, -0.15) is 0 Å². The van der Waals surface area contributed by atoms with Crippen molar-refractivity contribution >= 4 is 34.3 Å². The highest BCUT2D eigenvalue weighted by molar-refractivity contribution is 8.22. The van der Waals surface area contributed by atoms with Crippen LogP contribution in [-0.4, -0.2) is 39.6 Å². The van der Waals surface area contributed by atoms with E-state index in [-0.39, 0.29) is 6.10 Å². The van der Waals surface area contributed by atoms with Crippen LogP contribution in [0.1, 0.15) is 45.4 Å². The Labute approximate surface area is 119 Å². The maximum absolute atomic E-state index is 11.9. The van der Waals surface area contributed by atoms with Gasteiger partial charge in [0.25, 0.3) is 0 Å². The molecular formula is C13H21NO2S2. The molecule has 3 nitrogen and oxygen atoms in total. The Kier molecular flexibility index (Phi) is 4.90. The van der Waals surface area contributed by atoms with Gasteiger partial charge in [-0.15, -0.1) is 0 Å². The number of nitrogens with zero attached hydrogens (tertiary/aromatic N) is 1. The van der Waals surface area contributed by atoms with Crippen molar-refractivity contribution in [2.45, 2.75) is 63.6 Å². The third kappa shape index (κ3) is 2.99. The lowest BCUT2D eigenvalue weighted by Gasteiger charge is -2.41. The molecule has 2 rings (SSSR count). The second kappa shape index (κ2) is 6.24. The van der Waals surface area contributed by atoms with Crippen LogP contribution < -0.4 is 0 Å². The van der Waals surface area contributed by atoms with Gasteiger partial charge in [0.1, 0.15) is 6.10 Å². The van der Waals surface area contributed by atoms with Crippen molar-refractivity contribution in [2.75, 3.05) is 6.26 Å². The zero-order valence-electron chi connectivity index (χ0n) is 11.1. The number of amides is 1. The Morgan fingerprint density at radius 2 is 2.33 bits per heavy atom. The summed E-state index contributed by atoms with van der Waals surface area (Å²) in [6, 6.07) is 0.746. The van der Waals surface area contributed by atoms with Gasteiger partial charge in [0.2, 0.25) is 10.3 Å². The molecular weight excluding hydrogens is 266 g/mol. The number of ether oxygens (including phenoxy) is 1. The van der Waals surface area contributed by atoms with Crippen LogP contribution in [0, 0.1) is 0 Å². The van der Waals surface area contributed by atoms with E-state index in [4.69, 9.17) is 17.0 Å². The zero-order chi connectivity index (χ0) is 13.1. The van der Waals surface area contributed by atoms with E-state index >= 15 is 0 Å². The van der Waals surface area contributed by atoms with Gasteiger partial charge in [-0.3, -0.25) is 4.79 Å². The Morgan fingerprint density at radius 1 is 1.56 bits per heavy atom. The van der Waals surface area contributed by atoms with Crippen molar-refractivity contribution in [3.8, 4) is 0 Å². The van der Waals surface area contributed by atoms with Gasteiger partial charge in [-0.25, -0.2) is 0 Å². The monoisotopic (exact) mass is 287 g/mol. The molecule has 18 heavy (non-hydrogen) atoms. The summed E-state index contributed by atoms with van der Waals surface area (Å²) in [5.41, 5.74) is 0. The molecule has 0 unspecified atom stereocenters. The molecule has 2 aliphatic rings. The maximum Gasteiger partial charge on any atom is 0.223 e. The largest absolute Gasteiger partial charge is 0.475 e. The first-order valence-electron chi connectivity index (χ1n) is 6.71. The second-order valence-corrected chi connectivity index (χ2v) is 6.51. The molecule has 0 N–H and O–H groups in total. The summed E-state index contributed by atoms with van der Waals surface area (Å²) < 4.78 is 6.45. The highest BCUT2D eigenvalue weighted by atomic mass is 32.2. The quantitative estimate of drug-likeness (QED) is 0.746. The van der Waals surface area contributed by atoms with E-state index in [9.17, 15) is 4.79 Å². The van der Waals surface area contributed by atoms with Gasteiger partial charge in [0.05, 0.1) is 0 Å². The van der Waals surface area contributed by atoms with Crippen LogP contribution in [0.15, 0.2) is 0 Å². The number of thiocarbonyl (C=S) groups is 1. The molecule has 5 heteroatoms. The standard InChI is InChI=1S/C13H21NO2S2/c1-3-4-9-7-11(16-13(17)18-2)8-10-5-6-12(15)14(9)10/h9-11H,3-8H2,1-2H3/t9-,10+,11+/m0/s1. The fraction of sp³-hybridized carbons (Fsp3) is 0.846. The van der Waals surface area contributed by atoms with Crippen molar-refractivity contribution < 1.29 is 9.53 Å². The molecule has 0 aliphatic carbocycles. The number of thioether (sulfide) groups is 1. The normalized spacial score (nSPS) is 31.3. The van der Waals surface area contributed by atoms with E-state index in [0.717, 1.165) is 32.1 Å². The SMILES string of the molecule is CCC[C@H]1C[C@@H](OC(=S)SC)C[C@H]2CCC(=O)N21. The first kappa shape index (κ1) is 14.1. The molecule has 0 bridgehead atoms. The molecule has 1 amide bonds. The lowest BCUT2D eigenvalue weighted by Crippen LogP contribution is -2.50. The number of carbonyl (C=O) groups is 1. The van der Waals surface area contributed by atoms with Gasteiger partial charge in [-0.1, -0.05) is 25.1 Å². The van der Waals surface area contributed by atoms with Crippen LogP contribution in [0.3, 0.4) is 0 Å². The minimum atomic E-state index is 0.202. The van der Waals surface area contributed by atoms with Crippen LogP contribution >= 0.6 is 24.0 Å². The molecule has 2 saturated heterocycles. The predicted octanol–water partition coefficient (Wildman–Crippen LogP) is 2.97. The summed E-state index contributed by atoms with van der Waals surface area (Å²) in [6.07, 6.45) is 7.93. The average Bonchev–Trinajstić information content (AvgIpc) is 2.71. The van der Waals surface area contributed by atoms with E-state index in [1.54, 1.807) is 0 Å². The van der Waals surface area contributed by atoms with Crippen molar-refractivity contribution in [2.24, 2.45) is 0 Å². The van der Waals surface area contributed by atoms with Gasteiger partial charge >= 0.3 is 0 Å². The van der Waals surface area contributed by atoms with Crippen molar-refractivity contribution in [1.82, 2.24) is 4.90 Å². The Hall–Kier alpha value is -0.290. The zero-order valence-corrected chi connectivity index (χ0v) is 12.7. The smallest absolute Gasteiger partial charge is 0.223 e. The predicted molar refractivity (Wildman–Crippen MR) is 78.8 cm³/mol. The van der Waals surface area contributed by atoms with Gasteiger partial charge in [-0.05, 0) is 31.3 Å². The minimum absolute atomic E-state index is 0.202. The summed E-state index contributed by atoms with van der Waals surface area (Å²) in [5, 5.41) is 0. The third-order valence-electron chi connectivity index (χ3n) is 3.89. The Balaban J connectivity index is 2.02. The van der Waals surface area contributed by atoms with Gasteiger partial charge in [0, 0.05) is 31.3 Å². The molecule has 0 radical (unpaired) electrons. The number of hydrogen-bond donors (Lipinski definition) is 0. The number of rotatable bonds is 3.